The molecule has 2 heterocycles. The van der Waals surface area contributed by atoms with Gasteiger partial charge in [0.25, 0.3) is 0 Å². The molecule has 2 rings (SSSR count). The molecule has 1 aliphatic heterocycles. The molecule has 118 valence electrons. The highest BCUT2D eigenvalue weighted by Crippen LogP contribution is 2.14. The maximum atomic E-state index is 4.56. The van der Waals surface area contributed by atoms with Crippen molar-refractivity contribution in [2.45, 2.75) is 40.0 Å². The van der Waals surface area contributed by atoms with E-state index in [0.717, 1.165) is 37.0 Å². The van der Waals surface area contributed by atoms with Crippen molar-refractivity contribution >= 4 is 11.6 Å². The smallest absolute Gasteiger partial charge is 0.132 e. The molecule has 5 nitrogen and oxygen atoms in total. The first-order valence-corrected chi connectivity index (χ1v) is 8.29. The Morgan fingerprint density at radius 2 is 1.81 bits per heavy atom. The monoisotopic (exact) mass is 291 g/mol. The van der Waals surface area contributed by atoms with Crippen LogP contribution in [0.1, 0.15) is 39.4 Å². The molecule has 21 heavy (non-hydrogen) atoms. The third kappa shape index (κ3) is 5.16. The third-order valence-corrected chi connectivity index (χ3v) is 3.85. The molecule has 0 spiro atoms. The van der Waals surface area contributed by atoms with Gasteiger partial charge in [0.05, 0.1) is 0 Å². The number of likely N-dealkylation sites (tertiary alicyclic amines) is 1. The van der Waals surface area contributed by atoms with E-state index in [-0.39, 0.29) is 0 Å². The van der Waals surface area contributed by atoms with Gasteiger partial charge < -0.3 is 15.5 Å². The van der Waals surface area contributed by atoms with Crippen LogP contribution in [0.5, 0.6) is 0 Å². The molecule has 1 aliphatic rings. The fourth-order valence-corrected chi connectivity index (χ4v) is 2.77. The van der Waals surface area contributed by atoms with Gasteiger partial charge >= 0.3 is 0 Å². The summed E-state index contributed by atoms with van der Waals surface area (Å²) in [5.74, 6) is 3.37. The lowest BCUT2D eigenvalue weighted by Crippen LogP contribution is -2.29. The predicted molar refractivity (Wildman–Crippen MR) is 88.9 cm³/mol. The number of aryl methyl sites for hydroxylation is 1. The molecule has 1 fully saturated rings. The molecule has 0 aliphatic carbocycles. The van der Waals surface area contributed by atoms with E-state index in [2.05, 4.69) is 46.3 Å². The van der Waals surface area contributed by atoms with Gasteiger partial charge in [-0.05, 0) is 38.8 Å². The molecule has 0 aromatic carbocycles. The van der Waals surface area contributed by atoms with Crippen LogP contribution in [-0.4, -0.2) is 47.6 Å². The fourth-order valence-electron chi connectivity index (χ4n) is 2.77. The summed E-state index contributed by atoms with van der Waals surface area (Å²) in [5, 5.41) is 6.74. The van der Waals surface area contributed by atoms with E-state index >= 15 is 0 Å². The lowest BCUT2D eigenvalue weighted by Gasteiger charge is -2.20. The van der Waals surface area contributed by atoms with E-state index in [1.807, 2.05) is 6.07 Å². The van der Waals surface area contributed by atoms with Crippen molar-refractivity contribution in [2.75, 3.05) is 43.4 Å². The quantitative estimate of drug-likeness (QED) is 0.771. The summed E-state index contributed by atoms with van der Waals surface area (Å²) in [6.45, 7) is 12.0. The average molecular weight is 291 g/mol. The summed E-state index contributed by atoms with van der Waals surface area (Å²) in [6, 6.07) is 2.01. The number of aromatic nitrogens is 2. The third-order valence-electron chi connectivity index (χ3n) is 3.85. The van der Waals surface area contributed by atoms with Crippen molar-refractivity contribution in [3.05, 3.63) is 11.9 Å². The molecule has 5 heteroatoms. The molecule has 2 N–H and O–H groups in total. The van der Waals surface area contributed by atoms with Crippen molar-refractivity contribution in [1.82, 2.24) is 14.9 Å². The zero-order valence-corrected chi connectivity index (χ0v) is 13.7. The van der Waals surface area contributed by atoms with E-state index in [9.17, 15) is 0 Å². The molecule has 0 bridgehead atoms. The minimum absolute atomic E-state index is 0.630. The van der Waals surface area contributed by atoms with Gasteiger partial charge in [-0.3, -0.25) is 0 Å². The number of rotatable bonds is 8. The van der Waals surface area contributed by atoms with Gasteiger partial charge in [-0.15, -0.1) is 0 Å². The Balaban J connectivity index is 1.87. The van der Waals surface area contributed by atoms with E-state index < -0.39 is 0 Å². The van der Waals surface area contributed by atoms with Crippen LogP contribution < -0.4 is 10.6 Å². The van der Waals surface area contributed by atoms with Crippen molar-refractivity contribution in [3.8, 4) is 0 Å². The van der Waals surface area contributed by atoms with Gasteiger partial charge in [0.15, 0.2) is 0 Å². The van der Waals surface area contributed by atoms with Crippen LogP contribution in [0.4, 0.5) is 11.6 Å². The van der Waals surface area contributed by atoms with Crippen LogP contribution in [0.25, 0.3) is 0 Å². The van der Waals surface area contributed by atoms with Gasteiger partial charge in [0.1, 0.15) is 17.5 Å². The average Bonchev–Trinajstić information content (AvgIpc) is 2.98. The van der Waals surface area contributed by atoms with Crippen molar-refractivity contribution in [3.63, 3.8) is 0 Å². The molecule has 1 aromatic heterocycles. The van der Waals surface area contributed by atoms with E-state index in [1.54, 1.807) is 0 Å². The van der Waals surface area contributed by atoms with Crippen LogP contribution in [-0.2, 0) is 6.42 Å². The second kappa shape index (κ2) is 8.17. The summed E-state index contributed by atoms with van der Waals surface area (Å²) in [5.41, 5.74) is 0. The first kappa shape index (κ1) is 16.0. The summed E-state index contributed by atoms with van der Waals surface area (Å²) < 4.78 is 0. The van der Waals surface area contributed by atoms with Crippen LogP contribution in [0.15, 0.2) is 6.07 Å². The number of anilines is 2. The second-order valence-corrected chi connectivity index (χ2v) is 5.93. The zero-order chi connectivity index (χ0) is 15.1. The van der Waals surface area contributed by atoms with E-state index in [1.165, 1.54) is 32.5 Å². The molecule has 0 amide bonds. The Morgan fingerprint density at radius 1 is 1.14 bits per heavy atom. The predicted octanol–water partition coefficient (Wildman–Crippen LogP) is 2.61. The highest BCUT2D eigenvalue weighted by molar-refractivity contribution is 5.47. The lowest BCUT2D eigenvalue weighted by atomic mass is 10.1. The summed E-state index contributed by atoms with van der Waals surface area (Å²) in [4.78, 5) is 11.6. The van der Waals surface area contributed by atoms with Crippen molar-refractivity contribution < 1.29 is 0 Å². The van der Waals surface area contributed by atoms with Crippen molar-refractivity contribution in [1.29, 1.82) is 0 Å². The van der Waals surface area contributed by atoms with E-state index in [4.69, 9.17) is 0 Å². The van der Waals surface area contributed by atoms with Crippen LogP contribution in [0, 0.1) is 5.92 Å². The first-order valence-electron chi connectivity index (χ1n) is 8.29. The Hall–Kier alpha value is -1.36. The first-order chi connectivity index (χ1) is 10.2. The molecule has 0 saturated carbocycles. The molecular formula is C16H29N5. The van der Waals surface area contributed by atoms with E-state index in [0.29, 0.717) is 5.92 Å². The highest BCUT2D eigenvalue weighted by atomic mass is 15.1. The number of hydrogen-bond donors (Lipinski definition) is 2. The summed E-state index contributed by atoms with van der Waals surface area (Å²) in [6.07, 6.45) is 3.58. The largest absolute Gasteiger partial charge is 0.370 e. The number of nitrogens with one attached hydrogen (secondary N) is 2. The van der Waals surface area contributed by atoms with Crippen molar-refractivity contribution in [2.24, 2.45) is 5.92 Å². The molecule has 1 unspecified atom stereocenters. The Morgan fingerprint density at radius 3 is 2.43 bits per heavy atom. The molecule has 0 radical (unpaired) electrons. The van der Waals surface area contributed by atoms with Crippen LogP contribution in [0.3, 0.4) is 0 Å². The highest BCUT2D eigenvalue weighted by Gasteiger charge is 2.14. The maximum absolute atomic E-state index is 4.56. The second-order valence-electron chi connectivity index (χ2n) is 5.93. The fraction of sp³-hybridized carbons (Fsp3) is 0.750. The zero-order valence-electron chi connectivity index (χ0n) is 13.7. The number of nitrogens with zero attached hydrogens (tertiary/aromatic N) is 3. The molecule has 1 saturated heterocycles. The maximum Gasteiger partial charge on any atom is 0.132 e. The topological polar surface area (TPSA) is 53.1 Å². The van der Waals surface area contributed by atoms with Gasteiger partial charge in [0.2, 0.25) is 0 Å². The van der Waals surface area contributed by atoms with Gasteiger partial charge in [-0.25, -0.2) is 9.97 Å². The SMILES string of the molecule is CCNc1cc(NCC(C)CN2CCCC2)nc(CC)n1. The normalized spacial score (nSPS) is 16.9. The van der Waals surface area contributed by atoms with Crippen LogP contribution in [0.2, 0.25) is 0 Å². The Labute approximate surface area is 128 Å². The molecule has 1 aromatic rings. The molecular weight excluding hydrogens is 262 g/mol. The lowest BCUT2D eigenvalue weighted by molar-refractivity contribution is 0.294. The molecule has 1 atom stereocenters. The van der Waals surface area contributed by atoms with Gasteiger partial charge in [-0.2, -0.15) is 0 Å². The Bertz CT molecular complexity index is 429. The Kier molecular flexibility index (Phi) is 6.23. The number of hydrogen-bond acceptors (Lipinski definition) is 5. The van der Waals surface area contributed by atoms with Gasteiger partial charge in [-0.1, -0.05) is 13.8 Å². The standard InChI is InChI=1S/C16H29N5/c1-4-14-19-15(17-5-2)10-16(20-14)18-11-13(3)12-21-8-6-7-9-21/h10,13H,4-9,11-12H2,1-3H3,(H2,17,18,19,20). The summed E-state index contributed by atoms with van der Waals surface area (Å²) in [7, 11) is 0. The summed E-state index contributed by atoms with van der Waals surface area (Å²) >= 11 is 0. The minimum atomic E-state index is 0.630. The van der Waals surface area contributed by atoms with Gasteiger partial charge in [0, 0.05) is 32.1 Å². The minimum Gasteiger partial charge on any atom is -0.370 e. The van der Waals surface area contributed by atoms with Crippen LogP contribution >= 0.6 is 0 Å².